The molecule has 1 rings (SSSR count). The van der Waals surface area contributed by atoms with Crippen LogP contribution in [0.25, 0.3) is 0 Å². The molecule has 0 radical (unpaired) electrons. The molecule has 1 unspecified atom stereocenters. The van der Waals surface area contributed by atoms with E-state index < -0.39 is 0 Å². The first-order chi connectivity index (χ1) is 7.27. The van der Waals surface area contributed by atoms with Crippen molar-refractivity contribution in [2.45, 2.75) is 26.2 Å². The molecule has 2 heteroatoms. The van der Waals surface area contributed by atoms with Gasteiger partial charge in [0.1, 0.15) is 0 Å². The van der Waals surface area contributed by atoms with Gasteiger partial charge in [-0.25, -0.2) is 0 Å². The van der Waals surface area contributed by atoms with Crippen LogP contribution in [0.4, 0.5) is 0 Å². The number of aryl methyl sites for hydroxylation is 1. The minimum Gasteiger partial charge on any atom is -0.382 e. The maximum atomic E-state index is 5.77. The van der Waals surface area contributed by atoms with Gasteiger partial charge in [0.15, 0.2) is 0 Å². The molecule has 0 heterocycles. The fourth-order valence-electron chi connectivity index (χ4n) is 1.63. The van der Waals surface area contributed by atoms with Crippen LogP contribution in [0.2, 0.25) is 0 Å². The van der Waals surface area contributed by atoms with E-state index in [0.717, 1.165) is 19.6 Å². The molecule has 1 aromatic carbocycles. The molecule has 0 aliphatic heterocycles. The smallest absolute Gasteiger partial charge is 0.0472 e. The van der Waals surface area contributed by atoms with Gasteiger partial charge in [0.2, 0.25) is 0 Å². The van der Waals surface area contributed by atoms with Crippen molar-refractivity contribution in [3.8, 4) is 0 Å². The van der Waals surface area contributed by atoms with E-state index in [-0.39, 0.29) is 0 Å². The van der Waals surface area contributed by atoms with Crippen molar-refractivity contribution in [3.05, 3.63) is 35.4 Å². The first-order valence-corrected chi connectivity index (χ1v) is 5.62. The third kappa shape index (κ3) is 4.02. The van der Waals surface area contributed by atoms with Crippen LogP contribution in [0, 0.1) is 6.92 Å². The molecule has 84 valence electrons. The van der Waals surface area contributed by atoms with Crippen LogP contribution in [0.3, 0.4) is 0 Å². The van der Waals surface area contributed by atoms with Crippen molar-refractivity contribution in [2.75, 3.05) is 19.8 Å². The summed E-state index contributed by atoms with van der Waals surface area (Å²) < 4.78 is 5.36. The fraction of sp³-hybridized carbons (Fsp3) is 0.538. The van der Waals surface area contributed by atoms with Crippen LogP contribution in [-0.4, -0.2) is 19.8 Å². The summed E-state index contributed by atoms with van der Waals surface area (Å²) >= 11 is 0. The topological polar surface area (TPSA) is 35.2 Å². The van der Waals surface area contributed by atoms with Crippen LogP contribution in [0.1, 0.15) is 30.4 Å². The Bertz CT molecular complexity index is 268. The lowest BCUT2D eigenvalue weighted by Gasteiger charge is -2.15. The van der Waals surface area contributed by atoms with Gasteiger partial charge in [-0.1, -0.05) is 29.8 Å². The maximum Gasteiger partial charge on any atom is 0.0472 e. The Morgan fingerprint density at radius 2 is 1.93 bits per heavy atom. The van der Waals surface area contributed by atoms with Crippen molar-refractivity contribution in [2.24, 2.45) is 5.73 Å². The van der Waals surface area contributed by atoms with Crippen molar-refractivity contribution in [1.29, 1.82) is 0 Å². The maximum absolute atomic E-state index is 5.77. The lowest BCUT2D eigenvalue weighted by Crippen LogP contribution is -2.14. The highest BCUT2D eigenvalue weighted by Gasteiger charge is 2.08. The number of benzene rings is 1. The van der Waals surface area contributed by atoms with Gasteiger partial charge in [-0.05, 0) is 38.3 Å². The third-order valence-electron chi connectivity index (χ3n) is 2.65. The zero-order chi connectivity index (χ0) is 11.1. The molecule has 0 amide bonds. The SMILES string of the molecule is CCOCCC(CN)c1ccc(C)cc1. The molecular weight excluding hydrogens is 186 g/mol. The molecule has 0 aromatic heterocycles. The van der Waals surface area contributed by atoms with Crippen LogP contribution in [0.5, 0.6) is 0 Å². The summed E-state index contributed by atoms with van der Waals surface area (Å²) in [6.45, 7) is 6.39. The van der Waals surface area contributed by atoms with Gasteiger partial charge < -0.3 is 10.5 Å². The van der Waals surface area contributed by atoms with E-state index >= 15 is 0 Å². The summed E-state index contributed by atoms with van der Waals surface area (Å²) in [6, 6.07) is 8.61. The Kier molecular flexibility index (Phi) is 5.37. The Hall–Kier alpha value is -0.860. The van der Waals surface area contributed by atoms with E-state index in [1.54, 1.807) is 0 Å². The monoisotopic (exact) mass is 207 g/mol. The molecular formula is C13H21NO. The van der Waals surface area contributed by atoms with Crippen LogP contribution in [-0.2, 0) is 4.74 Å². The van der Waals surface area contributed by atoms with E-state index in [1.807, 2.05) is 6.92 Å². The summed E-state index contributed by atoms with van der Waals surface area (Å²) in [6.07, 6.45) is 1.01. The number of rotatable bonds is 6. The van der Waals surface area contributed by atoms with E-state index in [1.165, 1.54) is 11.1 Å². The minimum absolute atomic E-state index is 0.428. The van der Waals surface area contributed by atoms with E-state index in [0.29, 0.717) is 12.5 Å². The first-order valence-electron chi connectivity index (χ1n) is 5.62. The Morgan fingerprint density at radius 1 is 1.27 bits per heavy atom. The van der Waals surface area contributed by atoms with Gasteiger partial charge >= 0.3 is 0 Å². The lowest BCUT2D eigenvalue weighted by atomic mass is 9.95. The van der Waals surface area contributed by atoms with Crippen LogP contribution < -0.4 is 5.73 Å². The van der Waals surface area contributed by atoms with Crippen molar-refractivity contribution in [1.82, 2.24) is 0 Å². The summed E-state index contributed by atoms with van der Waals surface area (Å²) in [4.78, 5) is 0. The molecule has 1 atom stereocenters. The van der Waals surface area contributed by atoms with E-state index in [4.69, 9.17) is 10.5 Å². The number of ether oxygens (including phenoxy) is 1. The molecule has 0 aliphatic carbocycles. The van der Waals surface area contributed by atoms with Gasteiger partial charge in [0.25, 0.3) is 0 Å². The summed E-state index contributed by atoms with van der Waals surface area (Å²) in [5, 5.41) is 0. The molecule has 0 saturated heterocycles. The normalized spacial score (nSPS) is 12.7. The molecule has 0 aliphatic rings. The average molecular weight is 207 g/mol. The highest BCUT2D eigenvalue weighted by Crippen LogP contribution is 2.18. The van der Waals surface area contributed by atoms with Gasteiger partial charge in [-0.3, -0.25) is 0 Å². The fourth-order valence-corrected chi connectivity index (χ4v) is 1.63. The van der Waals surface area contributed by atoms with Gasteiger partial charge in [0, 0.05) is 13.2 Å². The molecule has 0 saturated carbocycles. The van der Waals surface area contributed by atoms with Crippen molar-refractivity contribution < 1.29 is 4.74 Å². The zero-order valence-electron chi connectivity index (χ0n) is 9.70. The van der Waals surface area contributed by atoms with E-state index in [2.05, 4.69) is 31.2 Å². The van der Waals surface area contributed by atoms with Crippen LogP contribution in [0.15, 0.2) is 24.3 Å². The number of nitrogens with two attached hydrogens (primary N) is 1. The predicted molar refractivity (Wildman–Crippen MR) is 64.1 cm³/mol. The van der Waals surface area contributed by atoms with Crippen LogP contribution >= 0.6 is 0 Å². The molecule has 2 nitrogen and oxygen atoms in total. The summed E-state index contributed by atoms with van der Waals surface area (Å²) in [7, 11) is 0. The Morgan fingerprint density at radius 3 is 2.47 bits per heavy atom. The van der Waals surface area contributed by atoms with Crippen molar-refractivity contribution in [3.63, 3.8) is 0 Å². The molecule has 0 spiro atoms. The molecule has 0 bridgehead atoms. The quantitative estimate of drug-likeness (QED) is 0.727. The highest BCUT2D eigenvalue weighted by atomic mass is 16.5. The van der Waals surface area contributed by atoms with E-state index in [9.17, 15) is 0 Å². The first kappa shape index (κ1) is 12.2. The number of hydrogen-bond donors (Lipinski definition) is 1. The minimum atomic E-state index is 0.428. The Labute approximate surface area is 92.4 Å². The third-order valence-corrected chi connectivity index (χ3v) is 2.65. The van der Waals surface area contributed by atoms with Crippen molar-refractivity contribution >= 4 is 0 Å². The second-order valence-corrected chi connectivity index (χ2v) is 3.83. The standard InChI is InChI=1S/C13H21NO/c1-3-15-9-8-13(10-14)12-6-4-11(2)5-7-12/h4-7,13H,3,8-10,14H2,1-2H3. The second-order valence-electron chi connectivity index (χ2n) is 3.83. The molecule has 1 aromatic rings. The van der Waals surface area contributed by atoms with Gasteiger partial charge in [-0.15, -0.1) is 0 Å². The van der Waals surface area contributed by atoms with Gasteiger partial charge in [-0.2, -0.15) is 0 Å². The summed E-state index contributed by atoms with van der Waals surface area (Å²) in [5.41, 5.74) is 8.38. The molecule has 0 fully saturated rings. The molecule has 15 heavy (non-hydrogen) atoms. The number of hydrogen-bond acceptors (Lipinski definition) is 2. The molecule has 2 N–H and O–H groups in total. The second kappa shape index (κ2) is 6.59. The highest BCUT2D eigenvalue weighted by molar-refractivity contribution is 5.24. The zero-order valence-corrected chi connectivity index (χ0v) is 9.70. The average Bonchev–Trinajstić information content (AvgIpc) is 2.26. The Balaban J connectivity index is 2.53. The predicted octanol–water partition coefficient (Wildman–Crippen LogP) is 2.46. The largest absolute Gasteiger partial charge is 0.382 e. The van der Waals surface area contributed by atoms with Gasteiger partial charge in [0.05, 0.1) is 0 Å². The lowest BCUT2D eigenvalue weighted by molar-refractivity contribution is 0.140. The summed E-state index contributed by atoms with van der Waals surface area (Å²) in [5.74, 6) is 0.428.